The first-order valence-electron chi connectivity index (χ1n) is 6.75. The molecule has 5 nitrogen and oxygen atoms in total. The minimum absolute atomic E-state index is 0.243. The molecule has 1 fully saturated rings. The molecule has 22 heavy (non-hydrogen) atoms. The third-order valence-electron chi connectivity index (χ3n) is 3.28. The summed E-state index contributed by atoms with van der Waals surface area (Å²) >= 11 is 0. The van der Waals surface area contributed by atoms with Crippen molar-refractivity contribution in [2.75, 3.05) is 23.4 Å². The van der Waals surface area contributed by atoms with Crippen molar-refractivity contribution in [3.63, 3.8) is 0 Å². The molecule has 6 heteroatoms. The number of ether oxygens (including phenoxy) is 1. The fourth-order valence-corrected chi connectivity index (χ4v) is 2.19. The second kappa shape index (κ2) is 5.85. The molecule has 1 heterocycles. The standard InChI is InChI=1S/C16H13FN2O3/c17-12-3-1-2-11(10-12)15(20)18-13-4-6-14(7-5-13)19-8-9-22-16(19)21/h1-7,10H,8-9H2,(H,18,20). The van der Waals surface area contributed by atoms with Crippen LogP contribution in [-0.2, 0) is 4.74 Å². The third-order valence-corrected chi connectivity index (χ3v) is 3.28. The van der Waals surface area contributed by atoms with Crippen LogP contribution in [0.1, 0.15) is 10.4 Å². The summed E-state index contributed by atoms with van der Waals surface area (Å²) in [6.45, 7) is 0.880. The van der Waals surface area contributed by atoms with Crippen LogP contribution in [0.2, 0.25) is 0 Å². The van der Waals surface area contributed by atoms with Gasteiger partial charge in [0.2, 0.25) is 0 Å². The van der Waals surface area contributed by atoms with Crippen LogP contribution >= 0.6 is 0 Å². The maximum atomic E-state index is 13.1. The maximum absolute atomic E-state index is 13.1. The zero-order valence-electron chi connectivity index (χ0n) is 11.6. The van der Waals surface area contributed by atoms with E-state index in [1.54, 1.807) is 24.3 Å². The molecule has 2 amide bonds. The quantitative estimate of drug-likeness (QED) is 0.948. The second-order valence-electron chi connectivity index (χ2n) is 4.78. The number of carbonyl (C=O) groups is 2. The average Bonchev–Trinajstić information content (AvgIpc) is 2.94. The zero-order chi connectivity index (χ0) is 15.5. The van der Waals surface area contributed by atoms with Crippen molar-refractivity contribution in [3.05, 3.63) is 59.9 Å². The van der Waals surface area contributed by atoms with Gasteiger partial charge in [0.15, 0.2) is 0 Å². The second-order valence-corrected chi connectivity index (χ2v) is 4.78. The van der Waals surface area contributed by atoms with E-state index >= 15 is 0 Å². The van der Waals surface area contributed by atoms with Crippen molar-refractivity contribution in [2.45, 2.75) is 0 Å². The molecule has 0 saturated carbocycles. The molecule has 0 unspecified atom stereocenters. The Morgan fingerprint density at radius 3 is 2.59 bits per heavy atom. The van der Waals surface area contributed by atoms with E-state index < -0.39 is 11.7 Å². The molecule has 0 atom stereocenters. The number of nitrogens with zero attached hydrogens (tertiary/aromatic N) is 1. The molecule has 0 spiro atoms. The summed E-state index contributed by atoms with van der Waals surface area (Å²) in [6, 6.07) is 12.3. The first-order valence-corrected chi connectivity index (χ1v) is 6.75. The molecule has 0 aliphatic carbocycles. The number of rotatable bonds is 3. The van der Waals surface area contributed by atoms with E-state index in [0.29, 0.717) is 24.5 Å². The van der Waals surface area contributed by atoms with E-state index in [0.717, 1.165) is 0 Å². The molecule has 1 N–H and O–H groups in total. The monoisotopic (exact) mass is 300 g/mol. The summed E-state index contributed by atoms with van der Waals surface area (Å²) in [7, 11) is 0. The van der Waals surface area contributed by atoms with Crippen molar-refractivity contribution in [3.8, 4) is 0 Å². The minimum Gasteiger partial charge on any atom is -0.447 e. The summed E-state index contributed by atoms with van der Waals surface area (Å²) in [4.78, 5) is 25.0. The highest BCUT2D eigenvalue weighted by Crippen LogP contribution is 2.21. The Balaban J connectivity index is 1.71. The molecule has 0 aromatic heterocycles. The van der Waals surface area contributed by atoms with Crippen LogP contribution in [0.3, 0.4) is 0 Å². The van der Waals surface area contributed by atoms with E-state index in [1.807, 2.05) is 0 Å². The summed E-state index contributed by atoms with van der Waals surface area (Å²) in [5.74, 6) is -0.858. The van der Waals surface area contributed by atoms with E-state index in [9.17, 15) is 14.0 Å². The van der Waals surface area contributed by atoms with Crippen LogP contribution in [0.5, 0.6) is 0 Å². The van der Waals surface area contributed by atoms with Crippen molar-refractivity contribution < 1.29 is 18.7 Å². The summed E-state index contributed by atoms with van der Waals surface area (Å²) in [5, 5.41) is 2.67. The summed E-state index contributed by atoms with van der Waals surface area (Å²) < 4.78 is 18.0. The maximum Gasteiger partial charge on any atom is 0.414 e. The molecular weight excluding hydrogens is 287 g/mol. The Morgan fingerprint density at radius 1 is 1.18 bits per heavy atom. The van der Waals surface area contributed by atoms with Gasteiger partial charge < -0.3 is 10.1 Å². The molecule has 0 radical (unpaired) electrons. The highest BCUT2D eigenvalue weighted by molar-refractivity contribution is 6.04. The van der Waals surface area contributed by atoms with Crippen molar-refractivity contribution >= 4 is 23.4 Å². The average molecular weight is 300 g/mol. The van der Waals surface area contributed by atoms with Crippen molar-refractivity contribution in [1.82, 2.24) is 0 Å². The van der Waals surface area contributed by atoms with Gasteiger partial charge in [0, 0.05) is 16.9 Å². The van der Waals surface area contributed by atoms with Gasteiger partial charge in [-0.05, 0) is 42.5 Å². The fraction of sp³-hybridized carbons (Fsp3) is 0.125. The molecule has 112 valence electrons. The summed E-state index contributed by atoms with van der Waals surface area (Å²) in [5.41, 5.74) is 1.50. The molecule has 0 bridgehead atoms. The van der Waals surface area contributed by atoms with Gasteiger partial charge in [0.1, 0.15) is 12.4 Å². The van der Waals surface area contributed by atoms with E-state index in [-0.39, 0.29) is 11.7 Å². The van der Waals surface area contributed by atoms with Gasteiger partial charge in [-0.25, -0.2) is 9.18 Å². The summed E-state index contributed by atoms with van der Waals surface area (Å²) in [6.07, 6.45) is -0.378. The Morgan fingerprint density at radius 2 is 1.95 bits per heavy atom. The van der Waals surface area contributed by atoms with Gasteiger partial charge in [-0.2, -0.15) is 0 Å². The van der Waals surface area contributed by atoms with Crippen molar-refractivity contribution in [2.24, 2.45) is 0 Å². The minimum atomic E-state index is -0.462. The Hall–Kier alpha value is -2.89. The van der Waals surface area contributed by atoms with Crippen LogP contribution in [-0.4, -0.2) is 25.2 Å². The largest absolute Gasteiger partial charge is 0.447 e. The highest BCUT2D eigenvalue weighted by Gasteiger charge is 2.23. The predicted molar refractivity (Wildman–Crippen MR) is 79.5 cm³/mol. The van der Waals surface area contributed by atoms with Gasteiger partial charge in [0.05, 0.1) is 6.54 Å². The number of cyclic esters (lactones) is 1. The lowest BCUT2D eigenvalue weighted by atomic mass is 10.2. The van der Waals surface area contributed by atoms with Gasteiger partial charge in [0.25, 0.3) is 5.91 Å². The number of carbonyl (C=O) groups excluding carboxylic acids is 2. The molecule has 1 saturated heterocycles. The van der Waals surface area contributed by atoms with Gasteiger partial charge in [-0.15, -0.1) is 0 Å². The van der Waals surface area contributed by atoms with Crippen LogP contribution in [0.4, 0.5) is 20.6 Å². The highest BCUT2D eigenvalue weighted by atomic mass is 19.1. The first-order chi connectivity index (χ1) is 10.6. The zero-order valence-corrected chi connectivity index (χ0v) is 11.6. The first kappa shape index (κ1) is 14.1. The molecule has 3 rings (SSSR count). The van der Waals surface area contributed by atoms with Crippen molar-refractivity contribution in [1.29, 1.82) is 0 Å². The molecule has 1 aliphatic rings. The van der Waals surface area contributed by atoms with Crippen LogP contribution in [0.15, 0.2) is 48.5 Å². The lowest BCUT2D eigenvalue weighted by Crippen LogP contribution is -2.23. The molecule has 2 aromatic rings. The number of anilines is 2. The van der Waals surface area contributed by atoms with Crippen LogP contribution in [0, 0.1) is 5.82 Å². The number of nitrogens with one attached hydrogen (secondary N) is 1. The van der Waals surface area contributed by atoms with Gasteiger partial charge in [-0.1, -0.05) is 6.07 Å². The lowest BCUT2D eigenvalue weighted by Gasteiger charge is -2.13. The smallest absolute Gasteiger partial charge is 0.414 e. The Kier molecular flexibility index (Phi) is 3.74. The fourth-order valence-electron chi connectivity index (χ4n) is 2.19. The number of amides is 2. The van der Waals surface area contributed by atoms with Gasteiger partial charge >= 0.3 is 6.09 Å². The van der Waals surface area contributed by atoms with E-state index in [4.69, 9.17) is 4.74 Å². The number of halogens is 1. The normalized spacial score (nSPS) is 13.9. The SMILES string of the molecule is O=C(Nc1ccc(N2CCOC2=O)cc1)c1cccc(F)c1. The number of benzene rings is 2. The lowest BCUT2D eigenvalue weighted by molar-refractivity contribution is 0.102. The topological polar surface area (TPSA) is 58.6 Å². The van der Waals surface area contributed by atoms with Crippen LogP contribution < -0.4 is 10.2 Å². The molecule has 2 aromatic carbocycles. The number of hydrogen-bond donors (Lipinski definition) is 1. The van der Waals surface area contributed by atoms with E-state index in [2.05, 4.69) is 5.32 Å². The predicted octanol–water partition coefficient (Wildman–Crippen LogP) is 3.03. The van der Waals surface area contributed by atoms with Gasteiger partial charge in [-0.3, -0.25) is 9.69 Å². The Bertz CT molecular complexity index is 716. The molecule has 1 aliphatic heterocycles. The molecular formula is C16H13FN2O3. The van der Waals surface area contributed by atoms with Crippen LogP contribution in [0.25, 0.3) is 0 Å². The number of hydrogen-bond acceptors (Lipinski definition) is 3. The van der Waals surface area contributed by atoms with E-state index in [1.165, 1.54) is 29.2 Å². The third kappa shape index (κ3) is 2.90. The Labute approximate surface area is 126 Å².